The van der Waals surface area contributed by atoms with Crippen LogP contribution in [0.15, 0.2) is 12.1 Å². The molecule has 0 aromatic heterocycles. The number of alkyl halides is 2. The number of amides is 1. The highest BCUT2D eigenvalue weighted by molar-refractivity contribution is 6.04. The summed E-state index contributed by atoms with van der Waals surface area (Å²) in [4.78, 5) is 13.7. The first kappa shape index (κ1) is 12.2. The second-order valence-electron chi connectivity index (χ2n) is 5.10. The summed E-state index contributed by atoms with van der Waals surface area (Å²) in [5.41, 5.74) is 8.49. The Morgan fingerprint density at radius 2 is 1.95 bits per heavy atom. The Balaban J connectivity index is 1.96. The maximum Gasteiger partial charge on any atom is 0.254 e. The van der Waals surface area contributed by atoms with E-state index in [9.17, 15) is 13.6 Å². The van der Waals surface area contributed by atoms with E-state index in [4.69, 9.17) is 5.73 Å². The van der Waals surface area contributed by atoms with Crippen molar-refractivity contribution in [2.45, 2.75) is 25.3 Å². The molecule has 0 bridgehead atoms. The largest absolute Gasteiger partial charge is 0.399 e. The summed E-state index contributed by atoms with van der Waals surface area (Å²) in [6.07, 6.45) is -0.365. The van der Waals surface area contributed by atoms with Crippen LogP contribution in [0.4, 0.5) is 20.2 Å². The van der Waals surface area contributed by atoms with E-state index < -0.39 is 5.92 Å². The van der Waals surface area contributed by atoms with Crippen molar-refractivity contribution < 1.29 is 13.6 Å². The van der Waals surface area contributed by atoms with Crippen LogP contribution in [0.1, 0.15) is 28.8 Å². The van der Waals surface area contributed by atoms with Crippen molar-refractivity contribution in [1.82, 2.24) is 5.32 Å². The molecule has 0 atom stereocenters. The molecule has 0 aliphatic carbocycles. The highest BCUT2D eigenvalue weighted by atomic mass is 19.3. The quantitative estimate of drug-likeness (QED) is 0.762. The highest BCUT2D eigenvalue weighted by Gasteiger charge is 2.36. The molecule has 1 aromatic rings. The van der Waals surface area contributed by atoms with Crippen molar-refractivity contribution >= 4 is 17.3 Å². The predicted octanol–water partition coefficient (Wildman–Crippen LogP) is 1.75. The number of rotatable bonds is 1. The minimum atomic E-state index is -2.59. The second kappa shape index (κ2) is 4.08. The number of halogens is 2. The molecular weight excluding hydrogens is 252 g/mol. The smallest absolute Gasteiger partial charge is 0.254 e. The number of piperidine rings is 1. The van der Waals surface area contributed by atoms with Gasteiger partial charge in [0.2, 0.25) is 0 Å². The first-order valence-electron chi connectivity index (χ1n) is 6.30. The summed E-state index contributed by atoms with van der Waals surface area (Å²) in [5, 5.41) is 2.74. The van der Waals surface area contributed by atoms with Gasteiger partial charge in [-0.3, -0.25) is 4.79 Å². The van der Waals surface area contributed by atoms with Crippen molar-refractivity contribution in [3.05, 3.63) is 23.3 Å². The van der Waals surface area contributed by atoms with Gasteiger partial charge in [0.25, 0.3) is 11.8 Å². The van der Waals surface area contributed by atoms with Gasteiger partial charge in [-0.1, -0.05) is 0 Å². The summed E-state index contributed by atoms with van der Waals surface area (Å²) < 4.78 is 26.4. The molecule has 1 saturated heterocycles. The number of nitrogens with two attached hydrogens (primary N) is 1. The minimum absolute atomic E-state index is 0.151. The van der Waals surface area contributed by atoms with Crippen LogP contribution in [-0.2, 0) is 6.54 Å². The number of hydrogen-bond acceptors (Lipinski definition) is 3. The first-order valence-corrected chi connectivity index (χ1v) is 6.30. The van der Waals surface area contributed by atoms with Crippen LogP contribution in [0.5, 0.6) is 0 Å². The third-order valence-corrected chi connectivity index (χ3v) is 3.72. The van der Waals surface area contributed by atoms with E-state index in [1.54, 1.807) is 12.1 Å². The Kier molecular flexibility index (Phi) is 2.62. The summed E-state index contributed by atoms with van der Waals surface area (Å²) in [6, 6.07) is 3.46. The molecule has 2 heterocycles. The van der Waals surface area contributed by atoms with E-state index in [-0.39, 0.29) is 31.8 Å². The van der Waals surface area contributed by atoms with Crippen LogP contribution in [0.25, 0.3) is 0 Å². The third kappa shape index (κ3) is 2.11. The lowest BCUT2D eigenvalue weighted by molar-refractivity contribution is -0.0220. The molecule has 0 saturated carbocycles. The molecule has 3 N–H and O–H groups in total. The van der Waals surface area contributed by atoms with E-state index in [2.05, 4.69) is 5.32 Å². The van der Waals surface area contributed by atoms with Gasteiger partial charge in [-0.05, 0) is 17.7 Å². The average Bonchev–Trinajstić information content (AvgIpc) is 2.70. The molecule has 1 amide bonds. The molecule has 2 aliphatic heterocycles. The number of benzene rings is 1. The fourth-order valence-electron chi connectivity index (χ4n) is 2.70. The highest BCUT2D eigenvalue weighted by Crippen LogP contribution is 2.35. The Hall–Kier alpha value is -1.85. The predicted molar refractivity (Wildman–Crippen MR) is 68.4 cm³/mol. The van der Waals surface area contributed by atoms with Crippen LogP contribution in [0, 0.1) is 0 Å². The van der Waals surface area contributed by atoms with Crippen LogP contribution in [0.2, 0.25) is 0 Å². The van der Waals surface area contributed by atoms with Crippen molar-refractivity contribution in [3.63, 3.8) is 0 Å². The Morgan fingerprint density at radius 1 is 1.26 bits per heavy atom. The summed E-state index contributed by atoms with van der Waals surface area (Å²) in [7, 11) is 0. The Bertz CT molecular complexity index is 535. The van der Waals surface area contributed by atoms with Crippen molar-refractivity contribution in [2.75, 3.05) is 23.7 Å². The molecule has 102 valence electrons. The number of nitrogen functional groups attached to an aromatic ring is 1. The zero-order valence-corrected chi connectivity index (χ0v) is 10.4. The fraction of sp³-hybridized carbons (Fsp3) is 0.462. The van der Waals surface area contributed by atoms with Crippen LogP contribution < -0.4 is 16.0 Å². The van der Waals surface area contributed by atoms with E-state index in [0.29, 0.717) is 23.5 Å². The minimum Gasteiger partial charge on any atom is -0.399 e. The lowest BCUT2D eigenvalue weighted by Crippen LogP contribution is -2.40. The summed E-state index contributed by atoms with van der Waals surface area (Å²) >= 11 is 0. The van der Waals surface area contributed by atoms with Gasteiger partial charge in [-0.2, -0.15) is 0 Å². The van der Waals surface area contributed by atoms with Crippen molar-refractivity contribution in [2.24, 2.45) is 0 Å². The molecule has 19 heavy (non-hydrogen) atoms. The lowest BCUT2D eigenvalue weighted by atomic mass is 10.0. The average molecular weight is 267 g/mol. The third-order valence-electron chi connectivity index (χ3n) is 3.72. The number of hydrogen-bond donors (Lipinski definition) is 2. The molecule has 4 nitrogen and oxygen atoms in total. The lowest BCUT2D eigenvalue weighted by Gasteiger charge is -2.34. The second-order valence-corrected chi connectivity index (χ2v) is 5.10. The van der Waals surface area contributed by atoms with Crippen LogP contribution in [0.3, 0.4) is 0 Å². The van der Waals surface area contributed by atoms with Gasteiger partial charge in [0, 0.05) is 38.2 Å². The van der Waals surface area contributed by atoms with Gasteiger partial charge in [-0.15, -0.1) is 0 Å². The van der Waals surface area contributed by atoms with Crippen LogP contribution >= 0.6 is 0 Å². The van der Waals surface area contributed by atoms with Gasteiger partial charge in [0.15, 0.2) is 0 Å². The fourth-order valence-corrected chi connectivity index (χ4v) is 2.70. The van der Waals surface area contributed by atoms with Crippen molar-refractivity contribution in [3.8, 4) is 0 Å². The van der Waals surface area contributed by atoms with Crippen molar-refractivity contribution in [1.29, 1.82) is 0 Å². The monoisotopic (exact) mass is 267 g/mol. The maximum atomic E-state index is 13.2. The summed E-state index contributed by atoms with van der Waals surface area (Å²) in [6.45, 7) is 0.947. The zero-order chi connectivity index (χ0) is 13.6. The van der Waals surface area contributed by atoms with E-state index in [0.717, 1.165) is 5.56 Å². The molecule has 2 aliphatic rings. The molecule has 6 heteroatoms. The van der Waals surface area contributed by atoms with Gasteiger partial charge in [0.1, 0.15) is 0 Å². The first-order chi connectivity index (χ1) is 8.96. The molecule has 0 unspecified atom stereocenters. The molecule has 0 spiro atoms. The molecular formula is C13H15F2N3O. The topological polar surface area (TPSA) is 58.4 Å². The molecule has 1 fully saturated rings. The number of carbonyl (C=O) groups excluding carboxylic acids is 1. The Labute approximate surface area is 109 Å². The van der Waals surface area contributed by atoms with Gasteiger partial charge in [-0.25, -0.2) is 8.78 Å². The van der Waals surface area contributed by atoms with Gasteiger partial charge < -0.3 is 16.0 Å². The van der Waals surface area contributed by atoms with Gasteiger partial charge in [0.05, 0.1) is 11.3 Å². The van der Waals surface area contributed by atoms with Gasteiger partial charge >= 0.3 is 0 Å². The van der Waals surface area contributed by atoms with E-state index >= 15 is 0 Å². The molecule has 1 aromatic carbocycles. The number of carbonyl (C=O) groups is 1. The normalized spacial score (nSPS) is 21.2. The maximum absolute atomic E-state index is 13.2. The molecule has 3 rings (SSSR count). The van der Waals surface area contributed by atoms with E-state index in [1.165, 1.54) is 0 Å². The molecule has 0 radical (unpaired) electrons. The number of nitrogens with zero attached hydrogens (tertiary/aromatic N) is 1. The number of anilines is 2. The summed E-state index contributed by atoms with van der Waals surface area (Å²) in [5.74, 6) is -2.75. The van der Waals surface area contributed by atoms with Crippen LogP contribution in [-0.4, -0.2) is 24.9 Å². The number of nitrogens with one attached hydrogen (secondary N) is 1. The number of fused-ring (bicyclic) bond motifs is 1. The zero-order valence-electron chi connectivity index (χ0n) is 10.4. The Morgan fingerprint density at radius 3 is 2.63 bits per heavy atom. The van der Waals surface area contributed by atoms with E-state index in [1.807, 2.05) is 4.90 Å². The SMILES string of the molecule is Nc1cc2c(c(N3CCC(F)(F)CC3)c1)C(=O)NC2. The standard InChI is InChI=1S/C13H15F2N3O/c14-13(15)1-3-18(4-2-13)10-6-9(16)5-8-7-17-12(19)11(8)10/h5-6H,1-4,7,16H2,(H,17,19).